The number of aromatic nitrogens is 1. The molecule has 1 aliphatic heterocycles. The van der Waals surface area contributed by atoms with Crippen LogP contribution in [0.15, 0.2) is 73.1 Å². The van der Waals surface area contributed by atoms with E-state index in [1.165, 1.54) is 11.1 Å². The van der Waals surface area contributed by atoms with Crippen molar-refractivity contribution in [3.05, 3.63) is 89.7 Å². The lowest BCUT2D eigenvalue weighted by Crippen LogP contribution is -2.37. The van der Waals surface area contributed by atoms with Crippen LogP contribution in [0, 0.1) is 12.8 Å². The third kappa shape index (κ3) is 4.40. The minimum absolute atomic E-state index is 0.00123. The van der Waals surface area contributed by atoms with Crippen LogP contribution in [0.25, 0.3) is 11.1 Å². The highest BCUT2D eigenvalue weighted by molar-refractivity contribution is 5.94. The summed E-state index contributed by atoms with van der Waals surface area (Å²) in [5.74, 6) is -0.348. The second-order valence-electron chi connectivity index (χ2n) is 7.69. The lowest BCUT2D eigenvalue weighted by molar-refractivity contribution is -0.124. The van der Waals surface area contributed by atoms with Crippen molar-refractivity contribution in [2.75, 3.05) is 19.6 Å². The average Bonchev–Trinajstić information content (AvgIpc) is 2.96. The number of amides is 2. The van der Waals surface area contributed by atoms with Gasteiger partial charge in [-0.2, -0.15) is 0 Å². The van der Waals surface area contributed by atoms with Crippen LogP contribution in [0.3, 0.4) is 0 Å². The maximum Gasteiger partial charge on any atom is 0.254 e. The molecule has 0 unspecified atom stereocenters. The number of nitrogens with one attached hydrogen (secondary N) is 1. The second-order valence-corrected chi connectivity index (χ2v) is 7.69. The van der Waals surface area contributed by atoms with E-state index < -0.39 is 0 Å². The smallest absolute Gasteiger partial charge is 0.254 e. The van der Waals surface area contributed by atoms with E-state index in [2.05, 4.69) is 47.6 Å². The summed E-state index contributed by atoms with van der Waals surface area (Å²) in [5.41, 5.74) is 5.24. The molecule has 1 fully saturated rings. The highest BCUT2D eigenvalue weighted by atomic mass is 16.2. The molecular weight excluding hydrogens is 374 g/mol. The average molecular weight is 399 g/mol. The Hall–Kier alpha value is -3.47. The Balaban J connectivity index is 1.54. The van der Waals surface area contributed by atoms with E-state index in [1.807, 2.05) is 18.2 Å². The summed E-state index contributed by atoms with van der Waals surface area (Å²) in [6.07, 6.45) is 3.82. The highest BCUT2D eigenvalue weighted by Crippen LogP contribution is 2.25. The van der Waals surface area contributed by atoms with E-state index in [9.17, 15) is 9.59 Å². The highest BCUT2D eigenvalue weighted by Gasteiger charge is 2.28. The third-order valence-corrected chi connectivity index (χ3v) is 5.57. The second kappa shape index (κ2) is 8.91. The maximum absolute atomic E-state index is 12.9. The van der Waals surface area contributed by atoms with Gasteiger partial charge in [-0.25, -0.2) is 0 Å². The van der Waals surface area contributed by atoms with Crippen LogP contribution >= 0.6 is 0 Å². The van der Waals surface area contributed by atoms with Gasteiger partial charge in [0, 0.05) is 37.6 Å². The number of aryl methyl sites for hydroxylation is 1. The molecule has 5 heteroatoms. The molecule has 2 aromatic carbocycles. The molecule has 1 aromatic heterocycles. The van der Waals surface area contributed by atoms with Crippen LogP contribution < -0.4 is 5.32 Å². The van der Waals surface area contributed by atoms with Gasteiger partial charge in [0.05, 0.1) is 5.92 Å². The van der Waals surface area contributed by atoms with E-state index in [-0.39, 0.29) is 17.7 Å². The fourth-order valence-electron chi connectivity index (χ4n) is 3.96. The van der Waals surface area contributed by atoms with Gasteiger partial charge in [0.25, 0.3) is 5.91 Å². The standard InChI is InChI=1S/C25H25N3O2/c1-18-5-2-3-8-23(18)21-7-4-6-19(15-21)16-22-17-28(14-13-27-24(22)29)25(30)20-9-11-26-12-10-20/h2-12,15,22H,13-14,16-17H2,1H3,(H,27,29)/t22-/m1/s1. The first-order valence-electron chi connectivity index (χ1n) is 10.2. The number of nitrogens with zero attached hydrogens (tertiary/aromatic N) is 2. The number of rotatable bonds is 4. The zero-order valence-electron chi connectivity index (χ0n) is 17.0. The molecule has 0 spiro atoms. The summed E-state index contributed by atoms with van der Waals surface area (Å²) in [4.78, 5) is 31.3. The first-order chi connectivity index (χ1) is 14.6. The van der Waals surface area contributed by atoms with Gasteiger partial charge in [-0.05, 0) is 47.7 Å². The van der Waals surface area contributed by atoms with Crippen LogP contribution in [-0.2, 0) is 11.2 Å². The van der Waals surface area contributed by atoms with Crippen molar-refractivity contribution in [3.8, 4) is 11.1 Å². The number of carbonyl (C=O) groups is 2. The van der Waals surface area contributed by atoms with Gasteiger partial charge in [-0.3, -0.25) is 14.6 Å². The van der Waals surface area contributed by atoms with Crippen molar-refractivity contribution >= 4 is 11.8 Å². The SMILES string of the molecule is Cc1ccccc1-c1cccc(C[C@@H]2CN(C(=O)c3ccncc3)CCNC2=O)c1. The summed E-state index contributed by atoms with van der Waals surface area (Å²) in [7, 11) is 0. The van der Waals surface area contributed by atoms with E-state index in [0.717, 1.165) is 11.1 Å². The molecular formula is C25H25N3O2. The molecule has 0 radical (unpaired) electrons. The number of pyridine rings is 1. The fraction of sp³-hybridized carbons (Fsp3) is 0.240. The lowest BCUT2D eigenvalue weighted by atomic mass is 9.94. The molecule has 0 bridgehead atoms. The first kappa shape index (κ1) is 19.8. The van der Waals surface area contributed by atoms with Crippen molar-refractivity contribution in [1.82, 2.24) is 15.2 Å². The van der Waals surface area contributed by atoms with Crippen LogP contribution in [0.4, 0.5) is 0 Å². The van der Waals surface area contributed by atoms with Gasteiger partial charge in [0.1, 0.15) is 0 Å². The molecule has 1 N–H and O–H groups in total. The molecule has 30 heavy (non-hydrogen) atoms. The topological polar surface area (TPSA) is 62.3 Å². The monoisotopic (exact) mass is 399 g/mol. The van der Waals surface area contributed by atoms with Crippen molar-refractivity contribution in [3.63, 3.8) is 0 Å². The van der Waals surface area contributed by atoms with Gasteiger partial charge in [0.15, 0.2) is 0 Å². The Morgan fingerprint density at radius 3 is 2.70 bits per heavy atom. The molecule has 152 valence electrons. The molecule has 1 atom stereocenters. The fourth-order valence-corrected chi connectivity index (χ4v) is 3.96. The van der Waals surface area contributed by atoms with Gasteiger partial charge in [-0.1, -0.05) is 48.5 Å². The molecule has 4 rings (SSSR count). The van der Waals surface area contributed by atoms with Crippen molar-refractivity contribution in [2.24, 2.45) is 5.92 Å². The molecule has 1 aliphatic rings. The number of carbonyl (C=O) groups excluding carboxylic acids is 2. The summed E-state index contributed by atoms with van der Waals surface area (Å²) in [6, 6.07) is 20.0. The maximum atomic E-state index is 12.9. The van der Waals surface area contributed by atoms with Crippen LogP contribution in [0.1, 0.15) is 21.5 Å². The van der Waals surface area contributed by atoms with Crippen LogP contribution in [0.5, 0.6) is 0 Å². The predicted octanol–water partition coefficient (Wildman–Crippen LogP) is 3.49. The molecule has 5 nitrogen and oxygen atoms in total. The largest absolute Gasteiger partial charge is 0.354 e. The molecule has 3 aromatic rings. The van der Waals surface area contributed by atoms with Crippen LogP contribution in [-0.4, -0.2) is 41.3 Å². The van der Waals surface area contributed by atoms with E-state index in [4.69, 9.17) is 0 Å². The van der Waals surface area contributed by atoms with E-state index in [1.54, 1.807) is 29.4 Å². The number of hydrogen-bond acceptors (Lipinski definition) is 3. The Morgan fingerprint density at radius 2 is 1.90 bits per heavy atom. The van der Waals surface area contributed by atoms with Gasteiger partial charge in [-0.15, -0.1) is 0 Å². The molecule has 2 heterocycles. The molecule has 0 saturated carbocycles. The molecule has 2 amide bonds. The van der Waals surface area contributed by atoms with Crippen LogP contribution in [0.2, 0.25) is 0 Å². The Morgan fingerprint density at radius 1 is 1.10 bits per heavy atom. The number of hydrogen-bond donors (Lipinski definition) is 1. The Labute approximate surface area is 176 Å². The minimum Gasteiger partial charge on any atom is -0.354 e. The summed E-state index contributed by atoms with van der Waals surface area (Å²) in [5, 5.41) is 2.96. The molecule has 1 saturated heterocycles. The zero-order chi connectivity index (χ0) is 20.9. The van der Waals surface area contributed by atoms with Crippen molar-refractivity contribution in [2.45, 2.75) is 13.3 Å². The predicted molar refractivity (Wildman–Crippen MR) is 117 cm³/mol. The van der Waals surface area contributed by atoms with Gasteiger partial charge in [0.2, 0.25) is 5.91 Å². The van der Waals surface area contributed by atoms with Gasteiger partial charge < -0.3 is 10.2 Å². The zero-order valence-corrected chi connectivity index (χ0v) is 17.0. The summed E-state index contributed by atoms with van der Waals surface area (Å²) in [6.45, 7) is 3.48. The number of benzene rings is 2. The van der Waals surface area contributed by atoms with Gasteiger partial charge >= 0.3 is 0 Å². The quantitative estimate of drug-likeness (QED) is 0.731. The Bertz CT molecular complexity index is 1050. The van der Waals surface area contributed by atoms with Crippen molar-refractivity contribution < 1.29 is 9.59 Å². The van der Waals surface area contributed by atoms with E-state index in [0.29, 0.717) is 31.6 Å². The van der Waals surface area contributed by atoms with Crippen molar-refractivity contribution in [1.29, 1.82) is 0 Å². The normalized spacial score (nSPS) is 16.6. The minimum atomic E-state index is -0.287. The lowest BCUT2D eigenvalue weighted by Gasteiger charge is -2.23. The first-order valence-corrected chi connectivity index (χ1v) is 10.2. The summed E-state index contributed by atoms with van der Waals surface area (Å²) >= 11 is 0. The van der Waals surface area contributed by atoms with E-state index >= 15 is 0 Å². The Kier molecular flexibility index (Phi) is 5.89. The third-order valence-electron chi connectivity index (χ3n) is 5.57. The summed E-state index contributed by atoms with van der Waals surface area (Å²) < 4.78 is 0. The molecule has 0 aliphatic carbocycles.